The van der Waals surface area contributed by atoms with E-state index in [4.69, 9.17) is 4.74 Å². The first-order valence-corrected chi connectivity index (χ1v) is 9.31. The summed E-state index contributed by atoms with van der Waals surface area (Å²) < 4.78 is 4.85. The highest BCUT2D eigenvalue weighted by Crippen LogP contribution is 2.51. The van der Waals surface area contributed by atoms with Crippen LogP contribution in [0.1, 0.15) is 74.8 Å². The molecule has 4 rings (SSSR count). The molecule has 2 aromatic rings. The Kier molecular flexibility index (Phi) is 4.33. The molecule has 2 aliphatic carbocycles. The summed E-state index contributed by atoms with van der Waals surface area (Å²) in [6, 6.07) is 7.59. The van der Waals surface area contributed by atoms with Crippen LogP contribution in [0.15, 0.2) is 30.3 Å². The average Bonchev–Trinajstić information content (AvgIpc) is 2.71. The van der Waals surface area contributed by atoms with Gasteiger partial charge < -0.3 is 20.1 Å². The van der Waals surface area contributed by atoms with Crippen LogP contribution in [0.5, 0.6) is 5.75 Å². The molecule has 0 saturated carbocycles. The van der Waals surface area contributed by atoms with Gasteiger partial charge in [0.25, 0.3) is 0 Å². The molecule has 2 aromatic carbocycles. The average molecular weight is 396 g/mol. The smallest absolute Gasteiger partial charge is 0.316 e. The molecular weight excluding hydrogens is 376 g/mol. The summed E-state index contributed by atoms with van der Waals surface area (Å²) in [6.07, 6.45) is -1.40. The third-order valence-corrected chi connectivity index (χ3v) is 6.04. The first kappa shape index (κ1) is 19.3. The predicted octanol–water partition coefficient (Wildman–Crippen LogP) is 2.00. The Labute approximate surface area is 166 Å². The number of rotatable bonds is 2. The lowest BCUT2D eigenvalue weighted by Crippen LogP contribution is -2.46. The summed E-state index contributed by atoms with van der Waals surface area (Å²) in [4.78, 5) is 38.6. The number of benzene rings is 2. The molecular formula is C22H20O7. The van der Waals surface area contributed by atoms with Crippen molar-refractivity contribution in [3.05, 3.63) is 63.7 Å². The van der Waals surface area contributed by atoms with Crippen LogP contribution >= 0.6 is 0 Å². The van der Waals surface area contributed by atoms with Crippen LogP contribution in [0.25, 0.3) is 0 Å². The van der Waals surface area contributed by atoms with Gasteiger partial charge in [0.2, 0.25) is 0 Å². The van der Waals surface area contributed by atoms with Gasteiger partial charge in [-0.05, 0) is 18.1 Å². The monoisotopic (exact) mass is 396 g/mol. The number of phenolic OH excluding ortho intramolecular Hbond substituents is 1. The molecule has 0 spiro atoms. The zero-order valence-electron chi connectivity index (χ0n) is 15.9. The molecule has 0 aromatic heterocycles. The first-order chi connectivity index (χ1) is 13.7. The quantitative estimate of drug-likeness (QED) is 0.567. The van der Waals surface area contributed by atoms with Crippen LogP contribution in [0.4, 0.5) is 0 Å². The molecule has 150 valence electrons. The van der Waals surface area contributed by atoms with Crippen molar-refractivity contribution in [2.45, 2.75) is 37.4 Å². The zero-order valence-corrected chi connectivity index (χ0v) is 15.9. The Morgan fingerprint density at radius 3 is 2.38 bits per heavy atom. The van der Waals surface area contributed by atoms with Crippen molar-refractivity contribution in [1.29, 1.82) is 0 Å². The van der Waals surface area contributed by atoms with E-state index in [0.717, 1.165) is 0 Å². The molecule has 3 N–H and O–H groups in total. The molecule has 0 saturated heterocycles. The van der Waals surface area contributed by atoms with Gasteiger partial charge >= 0.3 is 5.97 Å². The Morgan fingerprint density at radius 2 is 1.79 bits per heavy atom. The fourth-order valence-electron chi connectivity index (χ4n) is 4.52. The third-order valence-electron chi connectivity index (χ3n) is 6.04. The molecule has 7 heteroatoms. The predicted molar refractivity (Wildman–Crippen MR) is 101 cm³/mol. The normalized spacial score (nSPS) is 25.1. The molecule has 0 aliphatic heterocycles. The van der Waals surface area contributed by atoms with Gasteiger partial charge in [0.1, 0.15) is 11.7 Å². The largest absolute Gasteiger partial charge is 0.507 e. The zero-order chi connectivity index (χ0) is 21.1. The molecule has 3 atom stereocenters. The highest BCUT2D eigenvalue weighted by atomic mass is 16.5. The highest BCUT2D eigenvalue weighted by molar-refractivity contribution is 6.29. The number of aromatic hydroxyl groups is 1. The minimum absolute atomic E-state index is 0.0298. The summed E-state index contributed by atoms with van der Waals surface area (Å²) in [7, 11) is 1.17. The van der Waals surface area contributed by atoms with E-state index in [9.17, 15) is 29.7 Å². The van der Waals surface area contributed by atoms with Gasteiger partial charge in [-0.25, -0.2) is 0 Å². The van der Waals surface area contributed by atoms with Crippen LogP contribution in [-0.2, 0) is 9.53 Å². The van der Waals surface area contributed by atoms with Gasteiger partial charge in [0.05, 0.1) is 24.4 Å². The Balaban J connectivity index is 2.03. The van der Waals surface area contributed by atoms with E-state index >= 15 is 0 Å². The second-order valence-corrected chi connectivity index (χ2v) is 7.49. The first-order valence-electron chi connectivity index (χ1n) is 9.31. The number of esters is 1. The molecule has 29 heavy (non-hydrogen) atoms. The van der Waals surface area contributed by atoms with Crippen LogP contribution in [0, 0.1) is 0 Å². The Hall–Kier alpha value is -3.03. The van der Waals surface area contributed by atoms with Crippen LogP contribution in [0.2, 0.25) is 0 Å². The molecule has 0 unspecified atom stereocenters. The van der Waals surface area contributed by atoms with Gasteiger partial charge in [-0.15, -0.1) is 0 Å². The molecule has 7 nitrogen and oxygen atoms in total. The lowest BCUT2D eigenvalue weighted by atomic mass is 9.67. The number of ketones is 2. The molecule has 0 fully saturated rings. The number of fused-ring (bicyclic) bond motifs is 3. The third kappa shape index (κ3) is 2.54. The van der Waals surface area contributed by atoms with E-state index in [1.165, 1.54) is 25.3 Å². The standard InChI is InChI=1S/C22H20O7/c1-3-22(28)9-14(23)15-12(17(22)21(27)29-2)8-13-16(20(15)26)19(25)11-7-5-4-6-10(11)18(13)24/h4-8,14,17,23,26,28H,3,9H2,1-2H3/t14-,17+,22+/m0/s1. The number of methoxy groups -OCH3 is 1. The van der Waals surface area contributed by atoms with Crippen molar-refractivity contribution in [3.8, 4) is 5.75 Å². The highest BCUT2D eigenvalue weighted by Gasteiger charge is 2.51. The van der Waals surface area contributed by atoms with Gasteiger partial charge in [-0.3, -0.25) is 14.4 Å². The molecule has 0 radical (unpaired) electrons. The summed E-state index contributed by atoms with van der Waals surface area (Å²) in [5, 5.41) is 32.6. The SMILES string of the molecule is CC[C@@]1(O)C[C@H](O)c2c(cc3c(c2O)C(=O)c2ccccc2C3=O)[C@@H]1C(=O)OC. The van der Waals surface area contributed by atoms with Gasteiger partial charge in [0, 0.05) is 28.7 Å². The fourth-order valence-corrected chi connectivity index (χ4v) is 4.52. The van der Waals surface area contributed by atoms with Crippen LogP contribution in [0.3, 0.4) is 0 Å². The van der Waals surface area contributed by atoms with Crippen molar-refractivity contribution in [1.82, 2.24) is 0 Å². The van der Waals surface area contributed by atoms with Crippen molar-refractivity contribution < 1.29 is 34.4 Å². The second-order valence-electron chi connectivity index (χ2n) is 7.49. The maximum atomic E-state index is 13.0. The van der Waals surface area contributed by atoms with Gasteiger partial charge in [0.15, 0.2) is 11.6 Å². The summed E-state index contributed by atoms with van der Waals surface area (Å²) in [5.41, 5.74) is -1.46. The molecule has 2 aliphatic rings. The maximum Gasteiger partial charge on any atom is 0.316 e. The van der Waals surface area contributed by atoms with Crippen LogP contribution in [-0.4, -0.2) is 45.6 Å². The summed E-state index contributed by atoms with van der Waals surface area (Å²) >= 11 is 0. The number of phenols is 1. The van der Waals surface area contributed by atoms with Crippen molar-refractivity contribution in [3.63, 3.8) is 0 Å². The van der Waals surface area contributed by atoms with Crippen molar-refractivity contribution in [2.75, 3.05) is 7.11 Å². The number of carbonyl (C=O) groups excluding carboxylic acids is 3. The molecule has 0 heterocycles. The van der Waals surface area contributed by atoms with Crippen molar-refractivity contribution >= 4 is 17.5 Å². The number of hydrogen-bond acceptors (Lipinski definition) is 7. The van der Waals surface area contributed by atoms with E-state index in [1.807, 2.05) is 0 Å². The topological polar surface area (TPSA) is 121 Å². The Bertz CT molecular complexity index is 1070. The Morgan fingerprint density at radius 1 is 1.17 bits per heavy atom. The number of aliphatic hydroxyl groups is 2. The van der Waals surface area contributed by atoms with Gasteiger partial charge in [-0.2, -0.15) is 0 Å². The molecule has 0 bridgehead atoms. The van der Waals surface area contributed by atoms with E-state index in [0.29, 0.717) is 0 Å². The van der Waals surface area contributed by atoms with E-state index in [2.05, 4.69) is 0 Å². The number of hydrogen-bond donors (Lipinski definition) is 3. The molecule has 0 amide bonds. The van der Waals surface area contributed by atoms with Crippen molar-refractivity contribution in [2.24, 2.45) is 0 Å². The number of carbonyl (C=O) groups is 3. The van der Waals surface area contributed by atoms with E-state index in [-0.39, 0.29) is 46.2 Å². The van der Waals surface area contributed by atoms with Crippen LogP contribution < -0.4 is 0 Å². The maximum absolute atomic E-state index is 13.0. The minimum Gasteiger partial charge on any atom is -0.507 e. The fraction of sp³-hybridized carbons (Fsp3) is 0.318. The van der Waals surface area contributed by atoms with E-state index in [1.54, 1.807) is 19.1 Å². The second kappa shape index (κ2) is 6.50. The minimum atomic E-state index is -1.63. The lowest BCUT2D eigenvalue weighted by Gasteiger charge is -2.42. The summed E-state index contributed by atoms with van der Waals surface area (Å²) in [5.74, 6) is -3.51. The number of ether oxygens (including phenoxy) is 1. The lowest BCUT2D eigenvalue weighted by molar-refractivity contribution is -0.153. The van der Waals surface area contributed by atoms with E-state index < -0.39 is 40.9 Å². The summed E-state index contributed by atoms with van der Waals surface area (Å²) in [6.45, 7) is 1.66. The van der Waals surface area contributed by atoms with Gasteiger partial charge in [-0.1, -0.05) is 31.2 Å². The number of aliphatic hydroxyl groups excluding tert-OH is 1.